The second-order valence-electron chi connectivity index (χ2n) is 8.90. The van der Waals surface area contributed by atoms with Gasteiger partial charge < -0.3 is 23.9 Å². The van der Waals surface area contributed by atoms with Crippen LogP contribution in [0.1, 0.15) is 28.6 Å². The molecule has 0 bridgehead atoms. The number of ether oxygens (including phenoxy) is 2. The lowest BCUT2D eigenvalue weighted by Gasteiger charge is -2.25. The van der Waals surface area contributed by atoms with Gasteiger partial charge in [-0.15, -0.1) is 0 Å². The Labute approximate surface area is 214 Å². The number of aliphatic hydroxyl groups excluding tert-OH is 1. The molecule has 1 saturated heterocycles. The van der Waals surface area contributed by atoms with Crippen molar-refractivity contribution < 1.29 is 24.2 Å². The van der Waals surface area contributed by atoms with Crippen LogP contribution in [0.5, 0.6) is 11.5 Å². The van der Waals surface area contributed by atoms with Crippen molar-refractivity contribution in [3.8, 4) is 11.5 Å². The molecule has 0 saturated carbocycles. The van der Waals surface area contributed by atoms with E-state index in [1.165, 1.54) is 12.0 Å². The molecule has 1 atom stereocenters. The summed E-state index contributed by atoms with van der Waals surface area (Å²) >= 11 is 0. The molecule has 1 amide bonds. The molecule has 8 heteroatoms. The van der Waals surface area contributed by atoms with Gasteiger partial charge in [0.25, 0.3) is 11.7 Å². The highest BCUT2D eigenvalue weighted by molar-refractivity contribution is 6.46. The Balaban J connectivity index is 1.65. The van der Waals surface area contributed by atoms with Crippen LogP contribution in [0.15, 0.2) is 78.5 Å². The number of carbonyl (C=O) groups excluding carboxylic acids is 2. The highest BCUT2D eigenvalue weighted by Gasteiger charge is 2.46. The number of para-hydroxylation sites is 1. The van der Waals surface area contributed by atoms with Crippen LogP contribution >= 0.6 is 0 Å². The second kappa shape index (κ2) is 9.91. The lowest BCUT2D eigenvalue weighted by molar-refractivity contribution is -0.140. The van der Waals surface area contributed by atoms with E-state index in [2.05, 4.69) is 4.98 Å². The number of imidazole rings is 1. The van der Waals surface area contributed by atoms with E-state index in [9.17, 15) is 14.7 Å². The topological polar surface area (TPSA) is 93.4 Å². The molecular formula is C29H27N3O5. The molecule has 8 nitrogen and oxygen atoms in total. The van der Waals surface area contributed by atoms with E-state index in [0.717, 1.165) is 5.56 Å². The molecule has 1 N–H and O–H groups in total. The number of aliphatic hydroxyl groups is 1. The molecule has 1 aliphatic heterocycles. The third-order valence-electron chi connectivity index (χ3n) is 6.54. The molecule has 188 valence electrons. The fraction of sp³-hybridized carbons (Fsp3) is 0.207. The monoisotopic (exact) mass is 497 g/mol. The van der Waals surface area contributed by atoms with E-state index in [4.69, 9.17) is 9.47 Å². The van der Waals surface area contributed by atoms with Crippen molar-refractivity contribution in [2.24, 2.45) is 0 Å². The fourth-order valence-electron chi connectivity index (χ4n) is 4.69. The lowest BCUT2D eigenvalue weighted by Crippen LogP contribution is -2.32. The van der Waals surface area contributed by atoms with Crippen molar-refractivity contribution >= 4 is 23.1 Å². The number of ketones is 1. The van der Waals surface area contributed by atoms with E-state index >= 15 is 0 Å². The number of benzene rings is 2. The van der Waals surface area contributed by atoms with Gasteiger partial charge in [-0.25, -0.2) is 4.98 Å². The van der Waals surface area contributed by atoms with Crippen LogP contribution in [0.2, 0.25) is 0 Å². The summed E-state index contributed by atoms with van der Waals surface area (Å²) in [7, 11) is 1.53. The van der Waals surface area contributed by atoms with Gasteiger partial charge in [-0.3, -0.25) is 9.59 Å². The third-order valence-corrected chi connectivity index (χ3v) is 6.54. The molecule has 37 heavy (non-hydrogen) atoms. The van der Waals surface area contributed by atoms with Crippen LogP contribution in [0, 0.1) is 13.8 Å². The van der Waals surface area contributed by atoms with Gasteiger partial charge in [0.1, 0.15) is 22.8 Å². The Kier molecular flexibility index (Phi) is 6.50. The Morgan fingerprint density at radius 3 is 2.49 bits per heavy atom. The molecule has 2 aromatic carbocycles. The summed E-state index contributed by atoms with van der Waals surface area (Å²) in [6.45, 7) is 4.15. The second-order valence-corrected chi connectivity index (χ2v) is 8.90. The molecule has 0 aliphatic carbocycles. The van der Waals surface area contributed by atoms with E-state index in [0.29, 0.717) is 28.4 Å². The van der Waals surface area contributed by atoms with Gasteiger partial charge in [-0.1, -0.05) is 36.4 Å². The zero-order valence-corrected chi connectivity index (χ0v) is 20.8. The number of nitrogens with zero attached hydrogens (tertiary/aromatic N) is 3. The maximum Gasteiger partial charge on any atom is 0.295 e. The highest BCUT2D eigenvalue weighted by atomic mass is 16.5. The van der Waals surface area contributed by atoms with Gasteiger partial charge in [0.2, 0.25) is 0 Å². The number of fused-ring (bicyclic) bond motifs is 1. The summed E-state index contributed by atoms with van der Waals surface area (Å²) in [5.41, 5.74) is 3.14. The van der Waals surface area contributed by atoms with Crippen molar-refractivity contribution in [3.63, 3.8) is 0 Å². The van der Waals surface area contributed by atoms with Crippen LogP contribution in [0.4, 0.5) is 0 Å². The summed E-state index contributed by atoms with van der Waals surface area (Å²) in [4.78, 5) is 32.5. The number of aryl methyl sites for hydroxylation is 2. The average Bonchev–Trinajstić information content (AvgIpc) is 3.38. The summed E-state index contributed by atoms with van der Waals surface area (Å²) < 4.78 is 13.1. The maximum atomic E-state index is 13.3. The molecule has 4 aromatic rings. The number of likely N-dealkylation sites (tertiary alicyclic amines) is 1. The summed E-state index contributed by atoms with van der Waals surface area (Å²) in [5, 5.41) is 11.5. The van der Waals surface area contributed by atoms with E-state index in [-0.39, 0.29) is 30.2 Å². The number of carbonyl (C=O) groups is 2. The first-order valence-electron chi connectivity index (χ1n) is 12.0. The molecular weight excluding hydrogens is 470 g/mol. The largest absolute Gasteiger partial charge is 0.505 e. The number of methoxy groups -OCH3 is 1. The number of aromatic nitrogens is 2. The summed E-state index contributed by atoms with van der Waals surface area (Å²) in [6.07, 6.45) is 1.85. The molecule has 0 radical (unpaired) electrons. The fourth-order valence-corrected chi connectivity index (χ4v) is 4.69. The molecule has 1 unspecified atom stereocenters. The number of hydrogen-bond acceptors (Lipinski definition) is 6. The first kappa shape index (κ1) is 24.3. The predicted octanol–water partition coefficient (Wildman–Crippen LogP) is 4.81. The van der Waals surface area contributed by atoms with Gasteiger partial charge in [-0.2, -0.15) is 0 Å². The quantitative estimate of drug-likeness (QED) is 0.224. The van der Waals surface area contributed by atoms with Gasteiger partial charge in [0, 0.05) is 19.9 Å². The number of amides is 1. The molecule has 0 spiro atoms. The van der Waals surface area contributed by atoms with Crippen LogP contribution in [-0.4, -0.2) is 51.3 Å². The van der Waals surface area contributed by atoms with Crippen molar-refractivity contribution in [1.82, 2.24) is 14.3 Å². The molecule has 5 rings (SSSR count). The first-order chi connectivity index (χ1) is 17.9. The standard InChI is InChI=1S/C29H27N3O5/c1-18-9-8-14-31-19(2)24(30-28(18)31)26(33)23-25(32(15-16-36-3)29(35)27(23)34)20-10-7-13-22(17-20)37-21-11-5-4-6-12-21/h4-14,17,25,33H,15-16H2,1-3H3. The molecule has 3 heterocycles. The first-order valence-corrected chi connectivity index (χ1v) is 12.0. The van der Waals surface area contributed by atoms with E-state index in [1.54, 1.807) is 18.2 Å². The minimum Gasteiger partial charge on any atom is -0.505 e. The molecule has 1 aliphatic rings. The van der Waals surface area contributed by atoms with Gasteiger partial charge in [0.15, 0.2) is 5.76 Å². The normalized spacial score (nSPS) is 17.1. The lowest BCUT2D eigenvalue weighted by atomic mass is 9.96. The van der Waals surface area contributed by atoms with Gasteiger partial charge in [0.05, 0.1) is 23.9 Å². The van der Waals surface area contributed by atoms with Crippen molar-refractivity contribution in [2.75, 3.05) is 20.3 Å². The minimum absolute atomic E-state index is 0.0119. The molecule has 1 fully saturated rings. The summed E-state index contributed by atoms with van der Waals surface area (Å²) in [5.74, 6) is -0.570. The van der Waals surface area contributed by atoms with Crippen molar-refractivity contribution in [3.05, 3.63) is 101 Å². The highest BCUT2D eigenvalue weighted by Crippen LogP contribution is 2.41. The minimum atomic E-state index is -0.834. The van der Waals surface area contributed by atoms with E-state index in [1.807, 2.05) is 73.0 Å². The van der Waals surface area contributed by atoms with Gasteiger partial charge >= 0.3 is 0 Å². The Morgan fingerprint density at radius 1 is 1.00 bits per heavy atom. The maximum absolute atomic E-state index is 13.3. The number of hydrogen-bond donors (Lipinski definition) is 1. The smallest absolute Gasteiger partial charge is 0.295 e. The van der Waals surface area contributed by atoms with E-state index < -0.39 is 17.7 Å². The zero-order chi connectivity index (χ0) is 26.1. The SMILES string of the molecule is COCCN1C(=O)C(=O)C(=C(O)c2nc3c(C)cccn3c2C)C1c1cccc(Oc2ccccc2)c1. The van der Waals surface area contributed by atoms with Gasteiger partial charge in [-0.05, 0) is 55.3 Å². The van der Waals surface area contributed by atoms with Crippen LogP contribution in [0.3, 0.4) is 0 Å². The van der Waals surface area contributed by atoms with Crippen molar-refractivity contribution in [1.29, 1.82) is 0 Å². The van der Waals surface area contributed by atoms with Crippen LogP contribution in [-0.2, 0) is 14.3 Å². The van der Waals surface area contributed by atoms with Crippen molar-refractivity contribution in [2.45, 2.75) is 19.9 Å². The summed E-state index contributed by atoms with van der Waals surface area (Å²) in [6, 6.07) is 19.5. The number of Topliss-reactive ketones (excluding diaryl/α,β-unsaturated/α-hetero) is 1. The predicted molar refractivity (Wildman–Crippen MR) is 139 cm³/mol. The average molecular weight is 498 g/mol. The van der Waals surface area contributed by atoms with Crippen LogP contribution in [0.25, 0.3) is 11.4 Å². The number of pyridine rings is 1. The molecule has 2 aromatic heterocycles. The third kappa shape index (κ3) is 4.36. The van der Waals surface area contributed by atoms with Crippen LogP contribution < -0.4 is 4.74 Å². The zero-order valence-electron chi connectivity index (χ0n) is 20.8. The Hall–Kier alpha value is -4.43. The Morgan fingerprint density at radius 2 is 1.76 bits per heavy atom. The Bertz CT molecular complexity index is 1520. The number of rotatable bonds is 7.